The maximum absolute atomic E-state index is 12.9. The van der Waals surface area contributed by atoms with Crippen LogP contribution in [-0.4, -0.2) is 28.4 Å². The molecule has 0 saturated heterocycles. The molecule has 0 aliphatic heterocycles. The summed E-state index contributed by atoms with van der Waals surface area (Å²) in [5.41, 5.74) is 5.10. The number of thiocarbonyl (C=S) groups is 1. The van der Waals surface area contributed by atoms with Crippen molar-refractivity contribution in [3.05, 3.63) is 0 Å². The Morgan fingerprint density at radius 1 is 1.26 bits per heavy atom. The molecule has 0 aromatic rings. The van der Waals surface area contributed by atoms with Crippen molar-refractivity contribution in [3.63, 3.8) is 0 Å². The van der Waals surface area contributed by atoms with Crippen LogP contribution in [-0.2, 0) is 4.79 Å². The molecule has 1 atom stereocenters. The Bertz CT molecular complexity index is 313. The van der Waals surface area contributed by atoms with Crippen LogP contribution in [0.3, 0.4) is 0 Å². The number of carbonyl (C=O) groups excluding carboxylic acids is 1. The van der Waals surface area contributed by atoms with Crippen LogP contribution < -0.4 is 5.73 Å². The van der Waals surface area contributed by atoms with Crippen LogP contribution in [0.25, 0.3) is 0 Å². The topological polar surface area (TPSA) is 46.3 Å². The molecule has 3 nitrogen and oxygen atoms in total. The van der Waals surface area contributed by atoms with Crippen molar-refractivity contribution in [1.82, 2.24) is 4.90 Å². The zero-order valence-corrected chi connectivity index (χ0v) is 14.1. The van der Waals surface area contributed by atoms with Gasteiger partial charge < -0.3 is 10.6 Å². The molecule has 0 aliphatic rings. The van der Waals surface area contributed by atoms with E-state index in [1.807, 2.05) is 18.7 Å². The van der Waals surface area contributed by atoms with E-state index in [2.05, 4.69) is 27.7 Å². The molecule has 4 heteroatoms. The van der Waals surface area contributed by atoms with Crippen molar-refractivity contribution >= 4 is 23.1 Å². The first kappa shape index (κ1) is 18.4. The van der Waals surface area contributed by atoms with Gasteiger partial charge in [-0.25, -0.2) is 0 Å². The normalized spacial score (nSPS) is 14.5. The highest BCUT2D eigenvalue weighted by atomic mass is 32.1. The standard InChI is InChI=1S/C15H30N2OS/c1-7-12(8-2)17(10-11(4)5)14(18)15(6,9-3)13(16)19/h11-12H,7-10H2,1-6H3,(H2,16,19). The van der Waals surface area contributed by atoms with Crippen LogP contribution in [0.15, 0.2) is 0 Å². The molecule has 0 heterocycles. The molecule has 0 fully saturated rings. The fraction of sp³-hybridized carbons (Fsp3) is 0.867. The molecular formula is C15H30N2OS. The van der Waals surface area contributed by atoms with E-state index in [-0.39, 0.29) is 11.9 Å². The van der Waals surface area contributed by atoms with E-state index in [9.17, 15) is 4.79 Å². The lowest BCUT2D eigenvalue weighted by atomic mass is 9.84. The Kier molecular flexibility index (Phi) is 7.57. The molecule has 0 radical (unpaired) electrons. The van der Waals surface area contributed by atoms with Gasteiger partial charge in [0.25, 0.3) is 0 Å². The lowest BCUT2D eigenvalue weighted by molar-refractivity contribution is -0.141. The summed E-state index contributed by atoms with van der Waals surface area (Å²) in [6.07, 6.45) is 2.58. The van der Waals surface area contributed by atoms with Crippen LogP contribution in [0.5, 0.6) is 0 Å². The van der Waals surface area contributed by atoms with Gasteiger partial charge in [0.1, 0.15) is 0 Å². The Morgan fingerprint density at radius 3 is 2.00 bits per heavy atom. The van der Waals surface area contributed by atoms with E-state index in [1.165, 1.54) is 0 Å². The SMILES string of the molecule is CCC(CC)N(CC(C)C)C(=O)C(C)(CC)C(N)=S. The summed E-state index contributed by atoms with van der Waals surface area (Å²) in [7, 11) is 0. The van der Waals surface area contributed by atoms with Crippen LogP contribution in [0.1, 0.15) is 60.8 Å². The van der Waals surface area contributed by atoms with Gasteiger partial charge in [0.05, 0.1) is 10.4 Å². The smallest absolute Gasteiger partial charge is 0.235 e. The van der Waals surface area contributed by atoms with E-state index in [0.717, 1.165) is 19.4 Å². The summed E-state index contributed by atoms with van der Waals surface area (Å²) in [5.74, 6) is 0.530. The number of carbonyl (C=O) groups is 1. The molecule has 0 spiro atoms. The minimum Gasteiger partial charge on any atom is -0.392 e. The quantitative estimate of drug-likeness (QED) is 0.696. The van der Waals surface area contributed by atoms with Gasteiger partial charge in [-0.15, -0.1) is 0 Å². The highest BCUT2D eigenvalue weighted by Crippen LogP contribution is 2.27. The summed E-state index contributed by atoms with van der Waals surface area (Å²) in [6, 6.07) is 0.273. The van der Waals surface area contributed by atoms with Crippen molar-refractivity contribution in [2.24, 2.45) is 17.1 Å². The summed E-state index contributed by atoms with van der Waals surface area (Å²) in [6.45, 7) is 13.1. The van der Waals surface area contributed by atoms with Gasteiger partial charge in [-0.1, -0.05) is 46.8 Å². The summed E-state index contributed by atoms with van der Waals surface area (Å²) >= 11 is 5.13. The average molecular weight is 286 g/mol. The average Bonchev–Trinajstić information content (AvgIpc) is 2.36. The molecule has 19 heavy (non-hydrogen) atoms. The first-order valence-electron chi connectivity index (χ1n) is 7.35. The minimum absolute atomic E-state index is 0.0879. The van der Waals surface area contributed by atoms with E-state index in [4.69, 9.17) is 18.0 Å². The lowest BCUT2D eigenvalue weighted by Crippen LogP contribution is -2.52. The highest BCUT2D eigenvalue weighted by molar-refractivity contribution is 7.80. The van der Waals surface area contributed by atoms with Crippen LogP contribution >= 0.6 is 12.2 Å². The zero-order chi connectivity index (χ0) is 15.2. The second-order valence-electron chi connectivity index (χ2n) is 5.87. The van der Waals surface area contributed by atoms with Gasteiger partial charge >= 0.3 is 0 Å². The van der Waals surface area contributed by atoms with Crippen molar-refractivity contribution in [2.75, 3.05) is 6.54 Å². The van der Waals surface area contributed by atoms with Crippen LogP contribution in [0.4, 0.5) is 0 Å². The van der Waals surface area contributed by atoms with Crippen LogP contribution in [0, 0.1) is 11.3 Å². The van der Waals surface area contributed by atoms with E-state index < -0.39 is 5.41 Å². The molecule has 1 unspecified atom stereocenters. The van der Waals surface area contributed by atoms with Crippen molar-refractivity contribution in [1.29, 1.82) is 0 Å². The maximum atomic E-state index is 12.9. The number of rotatable bonds is 8. The first-order valence-corrected chi connectivity index (χ1v) is 7.76. The largest absolute Gasteiger partial charge is 0.392 e. The highest BCUT2D eigenvalue weighted by Gasteiger charge is 2.39. The Labute approximate surface area is 123 Å². The first-order chi connectivity index (χ1) is 8.74. The van der Waals surface area contributed by atoms with Crippen molar-refractivity contribution < 1.29 is 4.79 Å². The summed E-state index contributed by atoms with van der Waals surface area (Å²) in [4.78, 5) is 15.2. The Morgan fingerprint density at radius 2 is 1.74 bits per heavy atom. The van der Waals surface area contributed by atoms with E-state index in [0.29, 0.717) is 17.3 Å². The molecule has 2 N–H and O–H groups in total. The molecule has 112 valence electrons. The molecule has 0 saturated carbocycles. The van der Waals surface area contributed by atoms with Crippen molar-refractivity contribution in [3.8, 4) is 0 Å². The van der Waals surface area contributed by atoms with Gasteiger partial charge in [0, 0.05) is 12.6 Å². The maximum Gasteiger partial charge on any atom is 0.235 e. The van der Waals surface area contributed by atoms with E-state index >= 15 is 0 Å². The fourth-order valence-electron chi connectivity index (χ4n) is 2.27. The van der Waals surface area contributed by atoms with Gasteiger partial charge in [0.2, 0.25) is 5.91 Å². The zero-order valence-electron chi connectivity index (χ0n) is 13.3. The lowest BCUT2D eigenvalue weighted by Gasteiger charge is -2.38. The number of amides is 1. The fourth-order valence-corrected chi connectivity index (χ4v) is 2.50. The molecule has 0 bridgehead atoms. The molecule has 0 aromatic heterocycles. The van der Waals surface area contributed by atoms with Crippen LogP contribution in [0.2, 0.25) is 0 Å². The van der Waals surface area contributed by atoms with Crippen molar-refractivity contribution in [2.45, 2.75) is 66.8 Å². The molecule has 0 aliphatic carbocycles. The monoisotopic (exact) mass is 286 g/mol. The molecule has 0 rings (SSSR count). The Balaban J connectivity index is 5.35. The van der Waals surface area contributed by atoms with Gasteiger partial charge in [0.15, 0.2) is 0 Å². The molecular weight excluding hydrogens is 256 g/mol. The number of nitrogens with two attached hydrogens (primary N) is 1. The summed E-state index contributed by atoms with van der Waals surface area (Å²) in [5, 5.41) is 0. The second-order valence-corrected chi connectivity index (χ2v) is 6.31. The number of hydrogen-bond acceptors (Lipinski definition) is 2. The Hall–Kier alpha value is -0.640. The summed E-state index contributed by atoms with van der Waals surface area (Å²) < 4.78 is 0. The van der Waals surface area contributed by atoms with Gasteiger partial charge in [-0.05, 0) is 32.1 Å². The number of nitrogens with zero attached hydrogens (tertiary/aromatic N) is 1. The molecule has 1 amide bonds. The third-order valence-corrected chi connectivity index (χ3v) is 4.38. The number of hydrogen-bond donors (Lipinski definition) is 1. The second kappa shape index (κ2) is 7.83. The minimum atomic E-state index is -0.715. The third kappa shape index (κ3) is 4.44. The predicted molar refractivity (Wildman–Crippen MR) is 86.1 cm³/mol. The third-order valence-electron chi connectivity index (χ3n) is 3.93. The van der Waals surface area contributed by atoms with Gasteiger partial charge in [-0.2, -0.15) is 0 Å². The molecule has 0 aromatic carbocycles. The predicted octanol–water partition coefficient (Wildman–Crippen LogP) is 3.36. The van der Waals surface area contributed by atoms with Gasteiger partial charge in [-0.3, -0.25) is 4.79 Å². The van der Waals surface area contributed by atoms with E-state index in [1.54, 1.807) is 0 Å².